The molecule has 2 aromatic rings. The molecule has 0 spiro atoms. The molecule has 0 bridgehead atoms. The normalized spacial score (nSPS) is 11.2. The number of amides is 1. The van der Waals surface area contributed by atoms with E-state index in [-0.39, 0.29) is 5.91 Å². The SMILES string of the molecule is CCC/C(=N\NC(=O)c1ccc(Br)cc1)c1ccc(OC)cc1. The Kier molecular flexibility index (Phi) is 6.35. The summed E-state index contributed by atoms with van der Waals surface area (Å²) in [6.45, 7) is 2.08. The van der Waals surface area contributed by atoms with Crippen molar-refractivity contribution in [3.05, 3.63) is 64.1 Å². The number of hydrogen-bond donors (Lipinski definition) is 1. The Hall–Kier alpha value is -2.14. The van der Waals surface area contributed by atoms with Crippen LogP contribution in [0.25, 0.3) is 0 Å². The molecular formula is C18H19BrN2O2. The molecule has 5 heteroatoms. The monoisotopic (exact) mass is 374 g/mol. The maximum atomic E-state index is 12.1. The fraction of sp³-hybridized carbons (Fsp3) is 0.222. The summed E-state index contributed by atoms with van der Waals surface area (Å²) in [6.07, 6.45) is 1.73. The lowest BCUT2D eigenvalue weighted by atomic mass is 10.1. The van der Waals surface area contributed by atoms with Gasteiger partial charge in [0.05, 0.1) is 12.8 Å². The molecule has 1 N–H and O–H groups in total. The van der Waals surface area contributed by atoms with E-state index in [1.807, 2.05) is 36.4 Å². The van der Waals surface area contributed by atoms with Crippen LogP contribution in [0.3, 0.4) is 0 Å². The first kappa shape index (κ1) is 17.2. The van der Waals surface area contributed by atoms with Gasteiger partial charge >= 0.3 is 0 Å². The van der Waals surface area contributed by atoms with Crippen molar-refractivity contribution in [3.8, 4) is 5.75 Å². The molecule has 0 atom stereocenters. The van der Waals surface area contributed by atoms with Gasteiger partial charge in [-0.3, -0.25) is 4.79 Å². The van der Waals surface area contributed by atoms with Crippen LogP contribution in [0.1, 0.15) is 35.7 Å². The summed E-state index contributed by atoms with van der Waals surface area (Å²) >= 11 is 3.35. The molecule has 2 rings (SSSR count). The number of hydrazone groups is 1. The van der Waals surface area contributed by atoms with Crippen LogP contribution in [0.15, 0.2) is 58.1 Å². The summed E-state index contributed by atoms with van der Waals surface area (Å²) in [5.41, 5.74) is 5.03. The maximum absolute atomic E-state index is 12.1. The van der Waals surface area contributed by atoms with Gasteiger partial charge in [0, 0.05) is 10.0 Å². The van der Waals surface area contributed by atoms with Crippen molar-refractivity contribution in [2.45, 2.75) is 19.8 Å². The van der Waals surface area contributed by atoms with Crippen LogP contribution >= 0.6 is 15.9 Å². The van der Waals surface area contributed by atoms with Crippen LogP contribution in [0, 0.1) is 0 Å². The van der Waals surface area contributed by atoms with Crippen LogP contribution in [0.5, 0.6) is 5.75 Å². The fourth-order valence-corrected chi connectivity index (χ4v) is 2.33. The zero-order valence-corrected chi connectivity index (χ0v) is 14.8. The second-order valence-electron chi connectivity index (χ2n) is 4.98. The molecule has 0 unspecified atom stereocenters. The lowest BCUT2D eigenvalue weighted by molar-refractivity contribution is 0.0954. The largest absolute Gasteiger partial charge is 0.497 e. The Morgan fingerprint density at radius 3 is 2.26 bits per heavy atom. The summed E-state index contributed by atoms with van der Waals surface area (Å²) in [6, 6.07) is 14.8. The molecule has 0 aliphatic carbocycles. The van der Waals surface area contributed by atoms with Gasteiger partial charge < -0.3 is 4.74 Å². The third kappa shape index (κ3) is 4.93. The van der Waals surface area contributed by atoms with Crippen LogP contribution in [0.4, 0.5) is 0 Å². The number of benzene rings is 2. The summed E-state index contributed by atoms with van der Waals surface area (Å²) < 4.78 is 6.09. The van der Waals surface area contributed by atoms with Crippen molar-refractivity contribution in [2.75, 3.05) is 7.11 Å². The summed E-state index contributed by atoms with van der Waals surface area (Å²) in [5, 5.41) is 4.30. The van der Waals surface area contributed by atoms with Gasteiger partial charge in [-0.15, -0.1) is 0 Å². The molecule has 0 aliphatic heterocycles. The van der Waals surface area contributed by atoms with E-state index in [0.717, 1.165) is 34.3 Å². The highest BCUT2D eigenvalue weighted by molar-refractivity contribution is 9.10. The number of nitrogens with zero attached hydrogens (tertiary/aromatic N) is 1. The summed E-state index contributed by atoms with van der Waals surface area (Å²) in [7, 11) is 1.63. The standard InChI is InChI=1S/C18H19BrN2O2/c1-3-4-17(13-7-11-16(23-2)12-8-13)20-21-18(22)14-5-9-15(19)10-6-14/h5-12H,3-4H2,1-2H3,(H,21,22)/b20-17+. The number of carbonyl (C=O) groups excluding carboxylic acids is 1. The molecule has 0 saturated heterocycles. The highest BCUT2D eigenvalue weighted by Crippen LogP contribution is 2.14. The highest BCUT2D eigenvalue weighted by atomic mass is 79.9. The van der Waals surface area contributed by atoms with E-state index in [9.17, 15) is 4.79 Å². The van der Waals surface area contributed by atoms with E-state index in [1.54, 1.807) is 19.2 Å². The Bertz CT molecular complexity index is 679. The first-order valence-corrected chi connectivity index (χ1v) is 8.20. The minimum absolute atomic E-state index is 0.223. The highest BCUT2D eigenvalue weighted by Gasteiger charge is 2.07. The Labute approximate surface area is 144 Å². The van der Waals surface area contributed by atoms with E-state index in [1.165, 1.54) is 0 Å². The smallest absolute Gasteiger partial charge is 0.271 e. The molecule has 23 heavy (non-hydrogen) atoms. The number of nitrogens with one attached hydrogen (secondary N) is 1. The first-order valence-electron chi connectivity index (χ1n) is 7.41. The van der Waals surface area contributed by atoms with E-state index >= 15 is 0 Å². The van der Waals surface area contributed by atoms with Gasteiger partial charge in [0.2, 0.25) is 0 Å². The van der Waals surface area contributed by atoms with Crippen LogP contribution in [0.2, 0.25) is 0 Å². The number of carbonyl (C=O) groups is 1. The summed E-state index contributed by atoms with van der Waals surface area (Å²) in [4.78, 5) is 12.1. The van der Waals surface area contributed by atoms with Crippen molar-refractivity contribution >= 4 is 27.5 Å². The zero-order chi connectivity index (χ0) is 16.7. The van der Waals surface area contributed by atoms with Crippen molar-refractivity contribution in [1.29, 1.82) is 0 Å². The molecule has 1 amide bonds. The molecule has 0 radical (unpaired) electrons. The third-order valence-electron chi connectivity index (χ3n) is 3.31. The van der Waals surface area contributed by atoms with Crippen molar-refractivity contribution in [3.63, 3.8) is 0 Å². The number of halogens is 1. The number of hydrogen-bond acceptors (Lipinski definition) is 3. The fourth-order valence-electron chi connectivity index (χ4n) is 2.07. The second kappa shape index (κ2) is 8.48. The van der Waals surface area contributed by atoms with Gasteiger partial charge in [0.15, 0.2) is 0 Å². The number of methoxy groups -OCH3 is 1. The maximum Gasteiger partial charge on any atom is 0.271 e. The van der Waals surface area contributed by atoms with Crippen LogP contribution in [-0.4, -0.2) is 18.7 Å². The molecule has 2 aromatic carbocycles. The molecule has 0 aromatic heterocycles. The number of rotatable bonds is 6. The van der Waals surface area contributed by atoms with Gasteiger partial charge in [-0.1, -0.05) is 29.3 Å². The van der Waals surface area contributed by atoms with Gasteiger partial charge in [-0.2, -0.15) is 5.10 Å². The molecule has 0 heterocycles. The minimum atomic E-state index is -0.223. The Morgan fingerprint density at radius 2 is 1.70 bits per heavy atom. The average Bonchev–Trinajstić information content (AvgIpc) is 2.59. The predicted octanol–water partition coefficient (Wildman–Crippen LogP) is 4.39. The van der Waals surface area contributed by atoms with Crippen molar-refractivity contribution in [2.24, 2.45) is 5.10 Å². The van der Waals surface area contributed by atoms with Gasteiger partial charge in [0.1, 0.15) is 5.75 Å². The minimum Gasteiger partial charge on any atom is -0.497 e. The lowest BCUT2D eigenvalue weighted by Crippen LogP contribution is -2.20. The van der Waals surface area contributed by atoms with E-state index < -0.39 is 0 Å². The molecule has 4 nitrogen and oxygen atoms in total. The lowest BCUT2D eigenvalue weighted by Gasteiger charge is -2.08. The molecular weight excluding hydrogens is 356 g/mol. The Balaban J connectivity index is 2.14. The van der Waals surface area contributed by atoms with E-state index in [0.29, 0.717) is 5.56 Å². The summed E-state index contributed by atoms with van der Waals surface area (Å²) in [5.74, 6) is 0.572. The van der Waals surface area contributed by atoms with E-state index in [2.05, 4.69) is 33.4 Å². The van der Waals surface area contributed by atoms with Gasteiger partial charge in [-0.25, -0.2) is 5.43 Å². The van der Waals surface area contributed by atoms with E-state index in [4.69, 9.17) is 4.74 Å². The Morgan fingerprint density at radius 1 is 1.09 bits per heavy atom. The second-order valence-corrected chi connectivity index (χ2v) is 5.90. The van der Waals surface area contributed by atoms with Crippen molar-refractivity contribution < 1.29 is 9.53 Å². The molecule has 0 aliphatic rings. The number of ether oxygens (including phenoxy) is 1. The quantitative estimate of drug-likeness (QED) is 0.601. The molecule has 120 valence electrons. The topological polar surface area (TPSA) is 50.7 Å². The first-order chi connectivity index (χ1) is 11.1. The predicted molar refractivity (Wildman–Crippen MR) is 96.0 cm³/mol. The van der Waals surface area contributed by atoms with Gasteiger partial charge in [-0.05, 0) is 60.5 Å². The van der Waals surface area contributed by atoms with Crippen molar-refractivity contribution in [1.82, 2.24) is 5.43 Å². The zero-order valence-electron chi connectivity index (χ0n) is 13.2. The van der Waals surface area contributed by atoms with Gasteiger partial charge in [0.25, 0.3) is 5.91 Å². The molecule has 0 saturated carbocycles. The van der Waals surface area contributed by atoms with Crippen LogP contribution in [-0.2, 0) is 0 Å². The van der Waals surface area contributed by atoms with Crippen LogP contribution < -0.4 is 10.2 Å². The average molecular weight is 375 g/mol. The third-order valence-corrected chi connectivity index (χ3v) is 3.84. The molecule has 0 fully saturated rings.